The maximum Gasteiger partial charge on any atom is 0.290 e. The molecule has 1 aromatic carbocycles. The van der Waals surface area contributed by atoms with Crippen molar-refractivity contribution in [2.24, 2.45) is 0 Å². The van der Waals surface area contributed by atoms with Crippen LogP contribution in [0.5, 0.6) is 0 Å². The Kier molecular flexibility index (Phi) is 6.04. The van der Waals surface area contributed by atoms with Crippen LogP contribution in [0.2, 0.25) is 0 Å². The third-order valence-electron chi connectivity index (χ3n) is 6.16. The van der Waals surface area contributed by atoms with Crippen LogP contribution in [0.3, 0.4) is 0 Å². The minimum absolute atomic E-state index is 0.0807. The fourth-order valence-corrected chi connectivity index (χ4v) is 8.08. The lowest BCUT2D eigenvalue weighted by molar-refractivity contribution is 0.0560. The van der Waals surface area contributed by atoms with E-state index in [2.05, 4.69) is 9.88 Å². The molecule has 2 saturated heterocycles. The van der Waals surface area contributed by atoms with E-state index in [1.165, 1.54) is 0 Å². The molecule has 2 aliphatic heterocycles. The maximum absolute atomic E-state index is 13.4. The Bertz CT molecular complexity index is 1240. The fraction of sp³-hybridized carbons (Fsp3) is 0.455. The van der Waals surface area contributed by atoms with Gasteiger partial charge in [0.2, 0.25) is 0 Å². The largest absolute Gasteiger partial charge is 0.451 e. The number of para-hydroxylation sites is 1. The van der Waals surface area contributed by atoms with Gasteiger partial charge in [-0.1, -0.05) is 30.0 Å². The number of benzene rings is 1. The molecule has 0 radical (unpaired) electrons. The van der Waals surface area contributed by atoms with Gasteiger partial charge in [-0.15, -0.1) is 11.3 Å². The summed E-state index contributed by atoms with van der Waals surface area (Å²) in [5.41, 5.74) is 2.63. The van der Waals surface area contributed by atoms with Crippen molar-refractivity contribution >= 4 is 49.8 Å². The number of carbonyl (C=O) groups excluding carboxylic acids is 1. The van der Waals surface area contributed by atoms with Crippen molar-refractivity contribution in [2.75, 3.05) is 37.7 Å². The Morgan fingerprint density at radius 2 is 2.03 bits per heavy atom. The standard InChI is InChI=1S/C22H25N3O4S3/c1-15-12-30-22(23-15)31-13-18-17-4-2-3-5-19(17)29-20(18)21(26)25-9-7-24(8-10-25)16-6-11-32(27,28)14-16/h2-5,12,16H,6-11,13-14H2,1H3/t16-/m1/s1. The van der Waals surface area contributed by atoms with Crippen molar-refractivity contribution in [3.63, 3.8) is 0 Å². The molecule has 170 valence electrons. The van der Waals surface area contributed by atoms with Crippen LogP contribution in [0.4, 0.5) is 0 Å². The molecule has 7 nitrogen and oxygen atoms in total. The number of furan rings is 1. The normalized spacial score (nSPS) is 21.4. The number of hydrogen-bond donors (Lipinski definition) is 0. The van der Waals surface area contributed by atoms with Gasteiger partial charge in [-0.25, -0.2) is 13.4 Å². The first kappa shape index (κ1) is 21.9. The SMILES string of the molecule is Cc1csc(SCc2c(C(=O)N3CCN([C@@H]4CCS(=O)(=O)C4)CC3)oc3ccccc23)n1. The Morgan fingerprint density at radius 3 is 2.72 bits per heavy atom. The van der Waals surface area contributed by atoms with Crippen LogP contribution in [0.1, 0.15) is 28.2 Å². The van der Waals surface area contributed by atoms with Crippen LogP contribution in [0.15, 0.2) is 38.4 Å². The van der Waals surface area contributed by atoms with Crippen LogP contribution >= 0.6 is 23.1 Å². The molecule has 10 heteroatoms. The molecule has 2 fully saturated rings. The van der Waals surface area contributed by atoms with Crippen LogP contribution < -0.4 is 0 Å². The molecule has 0 aliphatic carbocycles. The lowest BCUT2D eigenvalue weighted by atomic mass is 10.1. The predicted molar refractivity (Wildman–Crippen MR) is 127 cm³/mol. The number of rotatable bonds is 5. The lowest BCUT2D eigenvalue weighted by Crippen LogP contribution is -2.52. The number of fused-ring (bicyclic) bond motifs is 1. The average molecular weight is 492 g/mol. The Hall–Kier alpha value is -1.88. The van der Waals surface area contributed by atoms with Gasteiger partial charge in [0.25, 0.3) is 5.91 Å². The molecular weight excluding hydrogens is 466 g/mol. The number of aromatic nitrogens is 1. The zero-order chi connectivity index (χ0) is 22.3. The van der Waals surface area contributed by atoms with Gasteiger partial charge in [0.05, 0.1) is 11.5 Å². The molecular formula is C22H25N3O4S3. The van der Waals surface area contributed by atoms with Gasteiger partial charge in [0.15, 0.2) is 15.6 Å². The second-order valence-electron chi connectivity index (χ2n) is 8.33. The minimum Gasteiger partial charge on any atom is -0.451 e. The number of carbonyl (C=O) groups is 1. The van der Waals surface area contributed by atoms with E-state index in [4.69, 9.17) is 4.42 Å². The van der Waals surface area contributed by atoms with Crippen LogP contribution in [-0.4, -0.2) is 72.8 Å². The molecule has 0 N–H and O–H groups in total. The minimum atomic E-state index is -2.91. The summed E-state index contributed by atoms with van der Waals surface area (Å²) in [4.78, 5) is 22.0. The van der Waals surface area contributed by atoms with E-state index >= 15 is 0 Å². The zero-order valence-electron chi connectivity index (χ0n) is 17.8. The van der Waals surface area contributed by atoms with Gasteiger partial charge < -0.3 is 9.32 Å². The van der Waals surface area contributed by atoms with Crippen LogP contribution in [0, 0.1) is 6.92 Å². The lowest BCUT2D eigenvalue weighted by Gasteiger charge is -2.37. The molecule has 32 heavy (non-hydrogen) atoms. The third-order valence-corrected chi connectivity index (χ3v) is 10.1. The van der Waals surface area contributed by atoms with E-state index in [9.17, 15) is 13.2 Å². The molecule has 0 bridgehead atoms. The molecule has 0 saturated carbocycles. The Labute approximate surface area is 195 Å². The highest BCUT2D eigenvalue weighted by atomic mass is 32.2. The maximum atomic E-state index is 13.4. The van der Waals surface area contributed by atoms with Crippen molar-refractivity contribution in [1.29, 1.82) is 0 Å². The summed E-state index contributed by atoms with van der Waals surface area (Å²) in [5, 5.41) is 2.99. The van der Waals surface area contributed by atoms with Gasteiger partial charge in [-0.05, 0) is 19.4 Å². The molecule has 1 atom stereocenters. The third kappa shape index (κ3) is 4.46. The van der Waals surface area contributed by atoms with Crippen molar-refractivity contribution in [2.45, 2.75) is 29.5 Å². The van der Waals surface area contributed by atoms with Crippen molar-refractivity contribution in [3.05, 3.63) is 46.7 Å². The number of piperazine rings is 1. The van der Waals surface area contributed by atoms with Gasteiger partial charge >= 0.3 is 0 Å². The summed E-state index contributed by atoms with van der Waals surface area (Å²) in [6.45, 7) is 4.50. The highest BCUT2D eigenvalue weighted by Gasteiger charge is 2.35. The second-order valence-corrected chi connectivity index (χ2v) is 12.6. The predicted octanol–water partition coefficient (Wildman–Crippen LogP) is 3.43. The average Bonchev–Trinajstić information content (AvgIpc) is 3.48. The summed E-state index contributed by atoms with van der Waals surface area (Å²) in [6.07, 6.45) is 0.692. The number of thioether (sulfide) groups is 1. The summed E-state index contributed by atoms with van der Waals surface area (Å²) in [6, 6.07) is 7.85. The number of nitrogens with zero attached hydrogens (tertiary/aromatic N) is 3. The molecule has 1 amide bonds. The molecule has 3 aromatic rings. The monoisotopic (exact) mass is 491 g/mol. The van der Waals surface area contributed by atoms with E-state index in [0.29, 0.717) is 44.1 Å². The Balaban J connectivity index is 1.32. The molecule has 5 rings (SSSR count). The molecule has 2 aliphatic rings. The summed E-state index contributed by atoms with van der Waals surface area (Å²) in [7, 11) is -2.91. The van der Waals surface area contributed by atoms with Crippen LogP contribution in [-0.2, 0) is 15.6 Å². The second kappa shape index (κ2) is 8.81. The first-order valence-corrected chi connectivity index (χ1v) is 14.4. The number of amides is 1. The van der Waals surface area contributed by atoms with E-state index in [0.717, 1.165) is 26.6 Å². The van der Waals surface area contributed by atoms with Crippen molar-refractivity contribution < 1.29 is 17.6 Å². The van der Waals surface area contributed by atoms with Gasteiger partial charge in [-0.3, -0.25) is 9.69 Å². The highest BCUT2D eigenvalue weighted by molar-refractivity contribution is 8.00. The van der Waals surface area contributed by atoms with Gasteiger partial charge in [-0.2, -0.15) is 0 Å². The van der Waals surface area contributed by atoms with Crippen molar-refractivity contribution in [3.8, 4) is 0 Å². The van der Waals surface area contributed by atoms with E-state index in [1.807, 2.05) is 41.5 Å². The summed E-state index contributed by atoms with van der Waals surface area (Å²) >= 11 is 3.23. The van der Waals surface area contributed by atoms with E-state index < -0.39 is 9.84 Å². The fourth-order valence-electron chi connectivity index (χ4n) is 4.44. The topological polar surface area (TPSA) is 83.7 Å². The number of sulfone groups is 1. The molecule has 4 heterocycles. The quantitative estimate of drug-likeness (QED) is 0.506. The first-order chi connectivity index (χ1) is 15.4. The van der Waals surface area contributed by atoms with E-state index in [-0.39, 0.29) is 23.5 Å². The zero-order valence-corrected chi connectivity index (χ0v) is 20.3. The molecule has 0 spiro atoms. The summed E-state index contributed by atoms with van der Waals surface area (Å²) in [5.74, 6) is 1.44. The van der Waals surface area contributed by atoms with Gasteiger partial charge in [0.1, 0.15) is 9.92 Å². The van der Waals surface area contributed by atoms with E-state index in [1.54, 1.807) is 23.1 Å². The smallest absolute Gasteiger partial charge is 0.290 e. The highest BCUT2D eigenvalue weighted by Crippen LogP contribution is 2.34. The number of hydrogen-bond acceptors (Lipinski definition) is 8. The van der Waals surface area contributed by atoms with Crippen LogP contribution in [0.25, 0.3) is 11.0 Å². The first-order valence-electron chi connectivity index (χ1n) is 10.7. The van der Waals surface area contributed by atoms with Gasteiger partial charge in [0, 0.05) is 60.0 Å². The summed E-state index contributed by atoms with van der Waals surface area (Å²) < 4.78 is 30.7. The number of thiazole rings is 1. The number of aryl methyl sites for hydroxylation is 1. The molecule has 0 unspecified atom stereocenters. The van der Waals surface area contributed by atoms with Crippen molar-refractivity contribution in [1.82, 2.24) is 14.8 Å². The molecule has 2 aromatic heterocycles. The Morgan fingerprint density at radius 1 is 1.25 bits per heavy atom.